The molecule has 0 heterocycles. The zero-order valence-corrected chi connectivity index (χ0v) is 9.96. The lowest BCUT2D eigenvalue weighted by molar-refractivity contribution is -0.213. The third-order valence-corrected chi connectivity index (χ3v) is 2.42. The highest BCUT2D eigenvalue weighted by atomic mass is 16.5. The Bertz CT molecular complexity index is 511. The van der Waals surface area contributed by atoms with Crippen molar-refractivity contribution in [1.82, 2.24) is 5.43 Å². The molecule has 1 N–H and O–H groups in total. The van der Waals surface area contributed by atoms with Gasteiger partial charge in [-0.3, -0.25) is 5.43 Å². The number of hydrazone groups is 1. The maximum atomic E-state index is 11.7. The molecule has 2 rings (SSSR count). The Hall–Kier alpha value is -2.49. The molecule has 0 saturated carbocycles. The first-order chi connectivity index (χ1) is 8.79. The molecule has 0 bridgehead atoms. The van der Waals surface area contributed by atoms with Crippen LogP contribution in [-0.4, -0.2) is 13.0 Å². The Morgan fingerprint density at radius 2 is 1.89 bits per heavy atom. The molecule has 18 heavy (non-hydrogen) atoms. The molecule has 1 aromatic rings. The average molecular weight is 241 g/mol. The first-order valence-corrected chi connectivity index (χ1v) is 5.49. The van der Waals surface area contributed by atoms with Gasteiger partial charge in [-0.15, -0.1) is 0 Å². The molecule has 4 nitrogen and oxygen atoms in total. The van der Waals surface area contributed by atoms with Crippen LogP contribution in [0.4, 0.5) is 0 Å². The Labute approximate surface area is 106 Å². The maximum absolute atomic E-state index is 11.7. The van der Waals surface area contributed by atoms with Crippen molar-refractivity contribution in [3.63, 3.8) is 0 Å². The van der Waals surface area contributed by atoms with Crippen molar-refractivity contribution in [2.75, 3.05) is 7.11 Å². The predicted octanol–water partition coefficient (Wildman–Crippen LogP) is 1.32. The van der Waals surface area contributed by atoms with Gasteiger partial charge in [-0.2, -0.15) is 5.10 Å². The molecule has 1 aromatic carbocycles. The minimum atomic E-state index is -0.319. The summed E-state index contributed by atoms with van der Waals surface area (Å²) >= 11 is 0. The van der Waals surface area contributed by atoms with Gasteiger partial charge in [0.15, 0.2) is 0 Å². The lowest BCUT2D eigenvalue weighted by Gasteiger charge is -2.10. The molecule has 0 unspecified atom stereocenters. The fourth-order valence-corrected chi connectivity index (χ4v) is 1.45. The number of rotatable bonds is 4. The monoisotopic (exact) mass is 241 g/mol. The molecule has 0 atom stereocenters. The molecule has 0 aliphatic heterocycles. The predicted molar refractivity (Wildman–Crippen MR) is 69.0 cm³/mol. The minimum absolute atomic E-state index is 0.319. The van der Waals surface area contributed by atoms with Crippen LogP contribution in [0, 0.1) is 0 Å². The molecule has 0 aromatic heterocycles. The van der Waals surface area contributed by atoms with Crippen LogP contribution in [0.15, 0.2) is 65.4 Å². The standard InChI is InChI=1S/C14H14N2O2/c1-18-13-8-6-12(7-9-13)14(17)16-15-10-11-4-2-3-5-11/h2-10,15H,1H3,(H,16,17)/p-1. The third-order valence-electron chi connectivity index (χ3n) is 2.42. The molecule has 0 fully saturated rings. The van der Waals surface area contributed by atoms with Gasteiger partial charge in [0.05, 0.1) is 7.11 Å². The quantitative estimate of drug-likeness (QED) is 0.491. The zero-order chi connectivity index (χ0) is 12.8. The second-order valence-electron chi connectivity index (χ2n) is 3.64. The van der Waals surface area contributed by atoms with E-state index in [0.29, 0.717) is 11.3 Å². The van der Waals surface area contributed by atoms with Gasteiger partial charge < -0.3 is 9.84 Å². The van der Waals surface area contributed by atoms with E-state index in [1.54, 1.807) is 37.6 Å². The highest BCUT2D eigenvalue weighted by molar-refractivity contribution is 5.90. The lowest BCUT2D eigenvalue weighted by Crippen LogP contribution is -2.21. The van der Waals surface area contributed by atoms with E-state index in [2.05, 4.69) is 10.5 Å². The van der Waals surface area contributed by atoms with Crippen LogP contribution < -0.4 is 15.3 Å². The van der Waals surface area contributed by atoms with E-state index in [1.807, 2.05) is 24.3 Å². The van der Waals surface area contributed by atoms with Gasteiger partial charge in [0.25, 0.3) is 0 Å². The van der Waals surface area contributed by atoms with Gasteiger partial charge in [-0.1, -0.05) is 36.4 Å². The normalized spacial score (nSPS) is 13.8. The van der Waals surface area contributed by atoms with Crippen LogP contribution >= 0.6 is 0 Å². The summed E-state index contributed by atoms with van der Waals surface area (Å²) in [6.07, 6.45) is 9.33. The molecule has 92 valence electrons. The second kappa shape index (κ2) is 5.72. The SMILES string of the molecule is COc1ccc(C([O-])=NNC=C2C=CC=C2)cc1. The number of nitrogens with zero attached hydrogens (tertiary/aromatic N) is 1. The van der Waals surface area contributed by atoms with E-state index in [-0.39, 0.29) is 5.90 Å². The van der Waals surface area contributed by atoms with E-state index >= 15 is 0 Å². The largest absolute Gasteiger partial charge is 0.857 e. The molecule has 0 radical (unpaired) electrons. The van der Waals surface area contributed by atoms with Crippen LogP contribution in [0.3, 0.4) is 0 Å². The molecule has 1 aliphatic rings. The van der Waals surface area contributed by atoms with Crippen LogP contribution in [-0.2, 0) is 0 Å². The van der Waals surface area contributed by atoms with Crippen molar-refractivity contribution in [3.8, 4) is 5.75 Å². The van der Waals surface area contributed by atoms with E-state index < -0.39 is 0 Å². The third kappa shape index (κ3) is 3.01. The summed E-state index contributed by atoms with van der Waals surface area (Å²) in [6.45, 7) is 0. The summed E-state index contributed by atoms with van der Waals surface area (Å²) in [5, 5.41) is 15.4. The number of nitrogens with one attached hydrogen (secondary N) is 1. The summed E-state index contributed by atoms with van der Waals surface area (Å²) in [4.78, 5) is 0. The van der Waals surface area contributed by atoms with Crippen LogP contribution in [0.5, 0.6) is 5.75 Å². The summed E-state index contributed by atoms with van der Waals surface area (Å²) in [5.41, 5.74) is 4.12. The van der Waals surface area contributed by atoms with Gasteiger partial charge in [0, 0.05) is 12.1 Å². The number of methoxy groups -OCH3 is 1. The van der Waals surface area contributed by atoms with Crippen LogP contribution in [0.25, 0.3) is 0 Å². The van der Waals surface area contributed by atoms with E-state index in [4.69, 9.17) is 4.74 Å². The van der Waals surface area contributed by atoms with Crippen LogP contribution in [0.1, 0.15) is 5.56 Å². The van der Waals surface area contributed by atoms with Gasteiger partial charge >= 0.3 is 0 Å². The number of hydrogen-bond donors (Lipinski definition) is 1. The van der Waals surface area contributed by atoms with Crippen LogP contribution in [0.2, 0.25) is 0 Å². The van der Waals surface area contributed by atoms with Crippen molar-refractivity contribution in [2.24, 2.45) is 5.10 Å². The second-order valence-corrected chi connectivity index (χ2v) is 3.64. The highest BCUT2D eigenvalue weighted by Gasteiger charge is 1.94. The van der Waals surface area contributed by atoms with Crippen molar-refractivity contribution in [3.05, 3.63) is 65.9 Å². The van der Waals surface area contributed by atoms with E-state index in [1.165, 1.54) is 0 Å². The lowest BCUT2D eigenvalue weighted by atomic mass is 10.2. The van der Waals surface area contributed by atoms with E-state index in [0.717, 1.165) is 5.57 Å². The Kier molecular flexibility index (Phi) is 3.81. The molecule has 0 spiro atoms. The number of ether oxygens (including phenoxy) is 1. The highest BCUT2D eigenvalue weighted by Crippen LogP contribution is 2.10. The zero-order valence-electron chi connectivity index (χ0n) is 9.96. The summed E-state index contributed by atoms with van der Waals surface area (Å²) in [6, 6.07) is 6.80. The van der Waals surface area contributed by atoms with Crippen molar-refractivity contribution in [1.29, 1.82) is 0 Å². The van der Waals surface area contributed by atoms with Gasteiger partial charge in [0.2, 0.25) is 0 Å². The topological polar surface area (TPSA) is 56.7 Å². The number of hydrogen-bond acceptors (Lipinski definition) is 4. The Morgan fingerprint density at radius 3 is 2.50 bits per heavy atom. The number of allylic oxidation sites excluding steroid dienone is 5. The van der Waals surface area contributed by atoms with Gasteiger partial charge in [-0.05, 0) is 23.3 Å². The van der Waals surface area contributed by atoms with Crippen molar-refractivity contribution in [2.45, 2.75) is 0 Å². The number of benzene rings is 1. The summed E-state index contributed by atoms with van der Waals surface area (Å²) in [7, 11) is 1.58. The van der Waals surface area contributed by atoms with Crippen molar-refractivity contribution < 1.29 is 9.84 Å². The molecule has 0 amide bonds. The summed E-state index contributed by atoms with van der Waals surface area (Å²) in [5.74, 6) is 0.392. The molecule has 4 heteroatoms. The first-order valence-electron chi connectivity index (χ1n) is 5.49. The molecule has 1 aliphatic carbocycles. The average Bonchev–Trinajstić information content (AvgIpc) is 2.92. The van der Waals surface area contributed by atoms with Gasteiger partial charge in [-0.25, -0.2) is 0 Å². The van der Waals surface area contributed by atoms with E-state index in [9.17, 15) is 5.11 Å². The summed E-state index contributed by atoms with van der Waals surface area (Å²) < 4.78 is 5.02. The van der Waals surface area contributed by atoms with Crippen molar-refractivity contribution >= 4 is 5.90 Å². The molecular weight excluding hydrogens is 228 g/mol. The smallest absolute Gasteiger partial charge is 0.118 e. The van der Waals surface area contributed by atoms with Gasteiger partial charge in [0.1, 0.15) is 5.75 Å². The Morgan fingerprint density at radius 1 is 1.22 bits per heavy atom. The molecule has 0 saturated heterocycles. The fraction of sp³-hybridized carbons (Fsp3) is 0.0714. The minimum Gasteiger partial charge on any atom is -0.857 e. The Balaban J connectivity index is 2.01. The fourth-order valence-electron chi connectivity index (χ4n) is 1.45. The maximum Gasteiger partial charge on any atom is 0.118 e. The molecular formula is C14H13N2O2-. The first kappa shape index (κ1) is 12.0.